The van der Waals surface area contributed by atoms with E-state index in [0.29, 0.717) is 18.8 Å². The van der Waals surface area contributed by atoms with E-state index in [1.165, 1.54) is 5.56 Å². The number of hydrogen-bond donors (Lipinski definition) is 0. The predicted octanol–water partition coefficient (Wildman–Crippen LogP) is 4.82. The fourth-order valence-corrected chi connectivity index (χ4v) is 4.35. The van der Waals surface area contributed by atoms with Crippen LogP contribution in [-0.4, -0.2) is 38.4 Å². The molecule has 0 bridgehead atoms. The van der Waals surface area contributed by atoms with Crippen molar-refractivity contribution < 1.29 is 14.0 Å². The number of nitrogens with zero attached hydrogens (tertiary/aromatic N) is 1. The molecule has 146 valence electrons. The number of carbonyl (C=O) groups is 1. The molecular formula is C22H31NO3Si. The molecule has 0 N–H and O–H groups in total. The van der Waals surface area contributed by atoms with Crippen molar-refractivity contribution in [2.24, 2.45) is 0 Å². The minimum Gasteiger partial charge on any atom is -0.456 e. The van der Waals surface area contributed by atoms with E-state index in [2.05, 4.69) is 76.0 Å². The average Bonchev–Trinajstić information content (AvgIpc) is 2.97. The molecule has 0 fully saturated rings. The quantitative estimate of drug-likeness (QED) is 0.538. The summed E-state index contributed by atoms with van der Waals surface area (Å²) in [5.74, 6) is -0.227. The van der Waals surface area contributed by atoms with Gasteiger partial charge in [-0.05, 0) is 36.7 Å². The number of benzene rings is 1. The Morgan fingerprint density at radius 1 is 1.26 bits per heavy atom. The summed E-state index contributed by atoms with van der Waals surface area (Å²) < 4.78 is 11.9. The van der Waals surface area contributed by atoms with Crippen LogP contribution >= 0.6 is 0 Å². The van der Waals surface area contributed by atoms with Crippen LogP contribution in [0.15, 0.2) is 53.8 Å². The van der Waals surface area contributed by atoms with E-state index in [9.17, 15) is 4.79 Å². The lowest BCUT2D eigenvalue weighted by Gasteiger charge is -2.43. The van der Waals surface area contributed by atoms with Gasteiger partial charge in [-0.15, -0.1) is 0 Å². The van der Waals surface area contributed by atoms with E-state index in [-0.39, 0.29) is 23.1 Å². The molecule has 1 aromatic rings. The Bertz CT molecular complexity index is 762. The predicted molar refractivity (Wildman–Crippen MR) is 111 cm³/mol. The second kappa shape index (κ2) is 7.28. The lowest BCUT2D eigenvalue weighted by molar-refractivity contribution is -0.135. The van der Waals surface area contributed by atoms with Gasteiger partial charge in [0.2, 0.25) is 0 Å². The standard InChI is InChI=1S/C22H31NO3Si/c1-16-12-13-18-20(14-25-21(18)24)23(16)19(17-10-8-7-9-11-17)15-26-27(5,6)22(2,3)4/h7-13,16,19H,14-15H2,1-6H3/t16?,19-/m1/s1. The number of cyclic esters (lactones) is 1. The number of hydrogen-bond acceptors (Lipinski definition) is 4. The van der Waals surface area contributed by atoms with Crippen molar-refractivity contribution in [3.63, 3.8) is 0 Å². The molecule has 0 aromatic heterocycles. The van der Waals surface area contributed by atoms with Gasteiger partial charge in [-0.25, -0.2) is 4.79 Å². The molecule has 0 amide bonds. The minimum atomic E-state index is -1.89. The number of esters is 1. The number of ether oxygens (including phenoxy) is 1. The molecule has 0 saturated heterocycles. The van der Waals surface area contributed by atoms with Crippen LogP contribution in [0.2, 0.25) is 18.1 Å². The summed E-state index contributed by atoms with van der Waals surface area (Å²) in [6.45, 7) is 14.4. The van der Waals surface area contributed by atoms with E-state index in [1.807, 2.05) is 12.1 Å². The molecule has 1 unspecified atom stereocenters. The SMILES string of the molecule is CC1C=CC2=C(COC2=O)N1[C@H](CO[Si](C)(C)C(C)(C)C)c1ccccc1. The molecule has 2 aliphatic heterocycles. The highest BCUT2D eigenvalue weighted by Crippen LogP contribution is 2.40. The first-order chi connectivity index (χ1) is 12.6. The highest BCUT2D eigenvalue weighted by atomic mass is 28.4. The van der Waals surface area contributed by atoms with E-state index in [4.69, 9.17) is 9.16 Å². The zero-order valence-electron chi connectivity index (χ0n) is 17.3. The average molecular weight is 386 g/mol. The summed E-state index contributed by atoms with van der Waals surface area (Å²) >= 11 is 0. The lowest BCUT2D eigenvalue weighted by Crippen LogP contribution is -2.45. The summed E-state index contributed by atoms with van der Waals surface area (Å²) in [6.07, 6.45) is 3.98. The topological polar surface area (TPSA) is 38.8 Å². The van der Waals surface area contributed by atoms with Gasteiger partial charge < -0.3 is 14.1 Å². The molecule has 5 heteroatoms. The smallest absolute Gasteiger partial charge is 0.340 e. The molecule has 1 aromatic carbocycles. The molecule has 3 rings (SSSR count). The maximum atomic E-state index is 12.1. The Morgan fingerprint density at radius 2 is 1.93 bits per heavy atom. The third-order valence-corrected chi connectivity index (χ3v) is 10.6. The Morgan fingerprint density at radius 3 is 2.56 bits per heavy atom. The number of rotatable bonds is 5. The van der Waals surface area contributed by atoms with Crippen LogP contribution in [0.25, 0.3) is 0 Å². The maximum absolute atomic E-state index is 12.1. The Balaban J connectivity index is 1.95. The second-order valence-corrected chi connectivity index (χ2v) is 13.8. The van der Waals surface area contributed by atoms with Gasteiger partial charge in [-0.2, -0.15) is 0 Å². The monoisotopic (exact) mass is 385 g/mol. The van der Waals surface area contributed by atoms with E-state index >= 15 is 0 Å². The van der Waals surface area contributed by atoms with Crippen molar-refractivity contribution >= 4 is 14.3 Å². The molecule has 0 aliphatic carbocycles. The van der Waals surface area contributed by atoms with Gasteiger partial charge in [-0.3, -0.25) is 0 Å². The molecular weight excluding hydrogens is 354 g/mol. The van der Waals surface area contributed by atoms with Crippen molar-refractivity contribution in [2.45, 2.75) is 57.9 Å². The van der Waals surface area contributed by atoms with Crippen LogP contribution in [-0.2, 0) is 14.0 Å². The van der Waals surface area contributed by atoms with Crippen molar-refractivity contribution in [2.75, 3.05) is 13.2 Å². The fraction of sp³-hybridized carbons (Fsp3) is 0.500. The lowest BCUT2D eigenvalue weighted by atomic mass is 9.99. The van der Waals surface area contributed by atoms with Gasteiger partial charge in [0.25, 0.3) is 0 Å². The summed E-state index contributed by atoms with van der Waals surface area (Å²) in [5.41, 5.74) is 2.86. The third kappa shape index (κ3) is 3.89. The minimum absolute atomic E-state index is 0.0415. The molecule has 27 heavy (non-hydrogen) atoms. The van der Waals surface area contributed by atoms with Crippen LogP contribution in [0.5, 0.6) is 0 Å². The van der Waals surface area contributed by atoms with E-state index in [0.717, 1.165) is 5.70 Å². The van der Waals surface area contributed by atoms with Gasteiger partial charge >= 0.3 is 5.97 Å². The van der Waals surface area contributed by atoms with Crippen LogP contribution < -0.4 is 0 Å². The molecule has 0 spiro atoms. The Kier molecular flexibility index (Phi) is 5.37. The largest absolute Gasteiger partial charge is 0.456 e. The van der Waals surface area contributed by atoms with Crippen LogP contribution in [0, 0.1) is 0 Å². The van der Waals surface area contributed by atoms with Gasteiger partial charge in [0.15, 0.2) is 8.32 Å². The molecule has 2 aliphatic rings. The van der Waals surface area contributed by atoms with Crippen LogP contribution in [0.3, 0.4) is 0 Å². The summed E-state index contributed by atoms with van der Waals surface area (Å²) in [5, 5.41) is 0.151. The summed E-state index contributed by atoms with van der Waals surface area (Å²) in [6, 6.07) is 10.6. The fourth-order valence-electron chi connectivity index (χ4n) is 3.35. The summed E-state index contributed by atoms with van der Waals surface area (Å²) in [4.78, 5) is 14.4. The zero-order valence-corrected chi connectivity index (χ0v) is 18.3. The van der Waals surface area contributed by atoms with Gasteiger partial charge in [0, 0.05) is 6.04 Å². The first kappa shape index (κ1) is 19.9. The normalized spacial score (nSPS) is 21.3. The van der Waals surface area contributed by atoms with Crippen molar-refractivity contribution in [1.82, 2.24) is 4.90 Å². The van der Waals surface area contributed by atoms with Gasteiger partial charge in [-0.1, -0.05) is 57.2 Å². The molecule has 0 radical (unpaired) electrons. The molecule has 2 atom stereocenters. The zero-order chi connectivity index (χ0) is 19.8. The Labute approximate surface area is 164 Å². The van der Waals surface area contributed by atoms with Gasteiger partial charge in [0.05, 0.1) is 23.9 Å². The second-order valence-electron chi connectivity index (χ2n) is 8.94. The van der Waals surface area contributed by atoms with Crippen LogP contribution in [0.1, 0.15) is 39.3 Å². The first-order valence-corrected chi connectivity index (χ1v) is 12.6. The van der Waals surface area contributed by atoms with Crippen molar-refractivity contribution in [3.8, 4) is 0 Å². The molecule has 0 saturated carbocycles. The highest BCUT2D eigenvalue weighted by molar-refractivity contribution is 6.74. The Hall–Kier alpha value is -1.85. The molecule has 4 nitrogen and oxygen atoms in total. The third-order valence-electron chi connectivity index (χ3n) is 6.09. The summed E-state index contributed by atoms with van der Waals surface area (Å²) in [7, 11) is -1.89. The maximum Gasteiger partial charge on any atom is 0.340 e. The highest BCUT2D eigenvalue weighted by Gasteiger charge is 2.40. The van der Waals surface area contributed by atoms with Crippen LogP contribution in [0.4, 0.5) is 0 Å². The van der Waals surface area contributed by atoms with Gasteiger partial charge in [0.1, 0.15) is 6.61 Å². The van der Waals surface area contributed by atoms with E-state index < -0.39 is 8.32 Å². The van der Waals surface area contributed by atoms with Crippen molar-refractivity contribution in [1.29, 1.82) is 0 Å². The van der Waals surface area contributed by atoms with Crippen molar-refractivity contribution in [3.05, 3.63) is 59.3 Å². The van der Waals surface area contributed by atoms with E-state index in [1.54, 1.807) is 0 Å². The molecule has 2 heterocycles. The first-order valence-electron chi connectivity index (χ1n) is 9.67. The number of carbonyl (C=O) groups excluding carboxylic acids is 1.